The topological polar surface area (TPSA) is 95.9 Å². The van der Waals surface area contributed by atoms with Gasteiger partial charge in [0.15, 0.2) is 5.60 Å². The molecule has 2 aromatic rings. The first-order valence-electron chi connectivity index (χ1n) is 7.47. The summed E-state index contributed by atoms with van der Waals surface area (Å²) in [6.45, 7) is 3.16. The number of halogens is 1. The van der Waals surface area contributed by atoms with E-state index < -0.39 is 17.5 Å². The molecule has 0 saturated carbocycles. The summed E-state index contributed by atoms with van der Waals surface area (Å²) < 4.78 is 5.68. The third kappa shape index (κ3) is 5.12. The number of nitrogens with one attached hydrogen (secondary N) is 1. The number of benzene rings is 2. The molecule has 0 atom stereocenters. The molecule has 7 heteroatoms. The number of phenols is 1. The highest BCUT2D eigenvalue weighted by atomic mass is 35.5. The minimum absolute atomic E-state index is 0.122. The Balaban J connectivity index is 2.14. The Labute approximate surface area is 150 Å². The van der Waals surface area contributed by atoms with Crippen LogP contribution in [0.1, 0.15) is 19.4 Å². The second-order valence-electron chi connectivity index (χ2n) is 5.94. The molecular formula is C18H18ClNO5. The number of amides is 1. The average Bonchev–Trinajstić information content (AvgIpc) is 2.52. The predicted octanol–water partition coefficient (Wildman–Crippen LogP) is 3.47. The molecule has 6 nitrogen and oxygen atoms in total. The van der Waals surface area contributed by atoms with Crippen LogP contribution in [0.25, 0.3) is 0 Å². The first kappa shape index (κ1) is 18.6. The van der Waals surface area contributed by atoms with E-state index in [9.17, 15) is 14.7 Å². The van der Waals surface area contributed by atoms with Gasteiger partial charge in [0.05, 0.1) is 12.1 Å². The molecule has 0 radical (unpaired) electrons. The van der Waals surface area contributed by atoms with Crippen LogP contribution < -0.4 is 10.1 Å². The molecular weight excluding hydrogens is 346 g/mol. The zero-order valence-electron chi connectivity index (χ0n) is 13.7. The van der Waals surface area contributed by atoms with Gasteiger partial charge in [-0.15, -0.1) is 0 Å². The number of hydrogen-bond donors (Lipinski definition) is 3. The number of ether oxygens (including phenoxy) is 1. The number of phenolic OH excluding ortho intramolecular Hbond substituents is 1. The molecule has 0 aliphatic rings. The van der Waals surface area contributed by atoms with E-state index in [1.54, 1.807) is 38.1 Å². The molecule has 2 aromatic carbocycles. The number of carbonyl (C=O) groups excluding carboxylic acids is 1. The molecule has 132 valence electrons. The Morgan fingerprint density at radius 3 is 2.40 bits per heavy atom. The van der Waals surface area contributed by atoms with Gasteiger partial charge in [-0.3, -0.25) is 9.59 Å². The number of hydrogen-bond acceptors (Lipinski definition) is 4. The van der Waals surface area contributed by atoms with Gasteiger partial charge >= 0.3 is 5.97 Å². The minimum Gasteiger partial charge on any atom is -0.506 e. The van der Waals surface area contributed by atoms with E-state index in [1.165, 1.54) is 18.2 Å². The van der Waals surface area contributed by atoms with Crippen LogP contribution in [0.15, 0.2) is 42.5 Å². The van der Waals surface area contributed by atoms with Gasteiger partial charge in [-0.25, -0.2) is 0 Å². The van der Waals surface area contributed by atoms with Crippen molar-refractivity contribution in [1.29, 1.82) is 0 Å². The molecule has 0 heterocycles. The summed E-state index contributed by atoms with van der Waals surface area (Å²) in [4.78, 5) is 23.3. The van der Waals surface area contributed by atoms with Gasteiger partial charge in [-0.05, 0) is 55.8 Å². The number of rotatable bonds is 6. The van der Waals surface area contributed by atoms with Gasteiger partial charge in [0.1, 0.15) is 11.5 Å². The summed E-state index contributed by atoms with van der Waals surface area (Å²) in [6, 6.07) is 10.8. The summed E-state index contributed by atoms with van der Waals surface area (Å²) in [7, 11) is 0. The van der Waals surface area contributed by atoms with Gasteiger partial charge in [0.2, 0.25) is 0 Å². The van der Waals surface area contributed by atoms with E-state index in [0.717, 1.165) is 0 Å². The summed E-state index contributed by atoms with van der Waals surface area (Å²) in [5.74, 6) is -1.20. The Bertz CT molecular complexity index is 787. The van der Waals surface area contributed by atoms with Gasteiger partial charge in [-0.1, -0.05) is 17.7 Å². The first-order chi connectivity index (χ1) is 11.7. The van der Waals surface area contributed by atoms with E-state index in [-0.39, 0.29) is 17.9 Å². The number of carboxylic acid groups (broad SMARTS) is 1. The molecule has 25 heavy (non-hydrogen) atoms. The summed E-state index contributed by atoms with van der Waals surface area (Å²) >= 11 is 5.82. The van der Waals surface area contributed by atoms with E-state index in [4.69, 9.17) is 21.4 Å². The smallest absolute Gasteiger partial charge is 0.307 e. The SMILES string of the molecule is CC(C)(Oc1ccc(Cl)cc1)C(=O)Nc1cc(CC(=O)O)ccc1O. The van der Waals surface area contributed by atoms with Crippen LogP contribution in [0.2, 0.25) is 5.02 Å². The molecule has 0 aromatic heterocycles. The Kier molecular flexibility index (Phi) is 5.54. The molecule has 0 saturated heterocycles. The molecule has 0 unspecified atom stereocenters. The Hall–Kier alpha value is -2.73. The first-order valence-corrected chi connectivity index (χ1v) is 7.85. The van der Waals surface area contributed by atoms with Crippen molar-refractivity contribution < 1.29 is 24.5 Å². The van der Waals surface area contributed by atoms with Crippen molar-refractivity contribution in [1.82, 2.24) is 0 Å². The molecule has 0 aliphatic heterocycles. The lowest BCUT2D eigenvalue weighted by molar-refractivity contribution is -0.136. The van der Waals surface area contributed by atoms with Crippen LogP contribution in [-0.2, 0) is 16.0 Å². The quantitative estimate of drug-likeness (QED) is 0.683. The maximum Gasteiger partial charge on any atom is 0.307 e. The number of aliphatic carboxylic acids is 1. The lowest BCUT2D eigenvalue weighted by atomic mass is 10.1. The van der Waals surface area contributed by atoms with Crippen molar-refractivity contribution in [3.8, 4) is 11.5 Å². The molecule has 1 amide bonds. The van der Waals surface area contributed by atoms with E-state index in [2.05, 4.69) is 5.32 Å². The average molecular weight is 364 g/mol. The number of carboxylic acids is 1. The standard InChI is InChI=1S/C18H18ClNO5/c1-18(2,25-13-6-4-12(19)5-7-13)17(24)20-14-9-11(10-16(22)23)3-8-15(14)21/h3-9,21H,10H2,1-2H3,(H,20,24)(H,22,23). The van der Waals surface area contributed by atoms with Crippen LogP contribution in [0.5, 0.6) is 11.5 Å². The number of aromatic hydroxyl groups is 1. The van der Waals surface area contributed by atoms with Crippen molar-refractivity contribution in [2.45, 2.75) is 25.9 Å². The van der Waals surface area contributed by atoms with E-state index in [1.807, 2.05) is 0 Å². The minimum atomic E-state index is -1.23. The molecule has 0 spiro atoms. The van der Waals surface area contributed by atoms with E-state index in [0.29, 0.717) is 16.3 Å². The molecule has 0 fully saturated rings. The van der Waals surface area contributed by atoms with Crippen LogP contribution in [0.4, 0.5) is 5.69 Å². The maximum atomic E-state index is 12.5. The van der Waals surface area contributed by atoms with Gasteiger partial charge < -0.3 is 20.3 Å². The number of anilines is 1. The van der Waals surface area contributed by atoms with Crippen LogP contribution in [-0.4, -0.2) is 27.7 Å². The fourth-order valence-electron chi connectivity index (χ4n) is 2.08. The monoisotopic (exact) mass is 363 g/mol. The second-order valence-corrected chi connectivity index (χ2v) is 6.38. The van der Waals surface area contributed by atoms with Crippen molar-refractivity contribution in [3.05, 3.63) is 53.1 Å². The highest BCUT2D eigenvalue weighted by Gasteiger charge is 2.30. The normalized spacial score (nSPS) is 11.0. The Morgan fingerprint density at radius 2 is 1.80 bits per heavy atom. The van der Waals surface area contributed by atoms with Crippen molar-refractivity contribution in [3.63, 3.8) is 0 Å². The lowest BCUT2D eigenvalue weighted by Crippen LogP contribution is -2.42. The highest BCUT2D eigenvalue weighted by molar-refractivity contribution is 6.30. The third-order valence-corrected chi connectivity index (χ3v) is 3.65. The highest BCUT2D eigenvalue weighted by Crippen LogP contribution is 2.27. The maximum absolute atomic E-state index is 12.5. The molecule has 0 bridgehead atoms. The van der Waals surface area contributed by atoms with Crippen LogP contribution in [0, 0.1) is 0 Å². The van der Waals surface area contributed by atoms with Gasteiger partial charge in [0.25, 0.3) is 5.91 Å². The van der Waals surface area contributed by atoms with Crippen molar-refractivity contribution in [2.24, 2.45) is 0 Å². The van der Waals surface area contributed by atoms with Gasteiger partial charge in [0, 0.05) is 5.02 Å². The zero-order valence-corrected chi connectivity index (χ0v) is 14.5. The predicted molar refractivity (Wildman–Crippen MR) is 94.2 cm³/mol. The fraction of sp³-hybridized carbons (Fsp3) is 0.222. The molecule has 2 rings (SSSR count). The number of carbonyl (C=O) groups is 2. The lowest BCUT2D eigenvalue weighted by Gasteiger charge is -2.25. The summed E-state index contributed by atoms with van der Waals surface area (Å²) in [5.41, 5.74) is -0.656. The largest absolute Gasteiger partial charge is 0.506 e. The van der Waals surface area contributed by atoms with Crippen LogP contribution >= 0.6 is 11.6 Å². The Morgan fingerprint density at radius 1 is 1.16 bits per heavy atom. The van der Waals surface area contributed by atoms with Crippen molar-refractivity contribution in [2.75, 3.05) is 5.32 Å². The second kappa shape index (κ2) is 7.44. The molecule has 0 aliphatic carbocycles. The van der Waals surface area contributed by atoms with Gasteiger partial charge in [-0.2, -0.15) is 0 Å². The van der Waals surface area contributed by atoms with E-state index >= 15 is 0 Å². The van der Waals surface area contributed by atoms with Crippen LogP contribution in [0.3, 0.4) is 0 Å². The summed E-state index contributed by atoms with van der Waals surface area (Å²) in [5, 5.41) is 21.8. The zero-order chi connectivity index (χ0) is 18.6. The third-order valence-electron chi connectivity index (χ3n) is 3.40. The fourth-order valence-corrected chi connectivity index (χ4v) is 2.21. The molecule has 3 N–H and O–H groups in total. The van der Waals surface area contributed by atoms with Crippen molar-refractivity contribution >= 4 is 29.2 Å². The summed E-state index contributed by atoms with van der Waals surface area (Å²) in [6.07, 6.45) is -0.214.